The Hall–Kier alpha value is -2.21. The average Bonchev–Trinajstić information content (AvgIpc) is 3.11. The predicted octanol–water partition coefficient (Wildman–Crippen LogP) is 3.26. The molecular formula is C23H31N3O3. The first-order valence-corrected chi connectivity index (χ1v) is 11.1. The van der Waals surface area contributed by atoms with Crippen LogP contribution in [0.15, 0.2) is 24.3 Å². The molecule has 1 N–H and O–H groups in total. The smallest absolute Gasteiger partial charge is 0.251 e. The molecule has 2 heterocycles. The SMILES string of the molecule is O=C(NCC1(N2CCCCC2)CCCCC1)c1ccc(N2C(=O)CCC2=O)cc1. The van der Waals surface area contributed by atoms with Gasteiger partial charge in [-0.1, -0.05) is 25.7 Å². The lowest BCUT2D eigenvalue weighted by molar-refractivity contribution is -0.121. The van der Waals surface area contributed by atoms with Gasteiger partial charge in [0.2, 0.25) is 11.8 Å². The van der Waals surface area contributed by atoms with Gasteiger partial charge in [-0.3, -0.25) is 24.2 Å². The Kier molecular flexibility index (Phi) is 5.99. The maximum absolute atomic E-state index is 12.8. The lowest BCUT2D eigenvalue weighted by atomic mass is 9.79. The van der Waals surface area contributed by atoms with Crippen LogP contribution in [0.3, 0.4) is 0 Å². The van der Waals surface area contributed by atoms with Crippen molar-refractivity contribution in [3.05, 3.63) is 29.8 Å². The number of amides is 3. The summed E-state index contributed by atoms with van der Waals surface area (Å²) in [7, 11) is 0. The van der Waals surface area contributed by atoms with Gasteiger partial charge in [0.05, 0.1) is 5.69 Å². The zero-order chi connectivity index (χ0) is 20.3. The quantitative estimate of drug-likeness (QED) is 0.775. The molecule has 3 fully saturated rings. The maximum Gasteiger partial charge on any atom is 0.251 e. The molecule has 0 radical (unpaired) electrons. The van der Waals surface area contributed by atoms with Crippen LogP contribution in [0, 0.1) is 0 Å². The van der Waals surface area contributed by atoms with Gasteiger partial charge < -0.3 is 5.32 Å². The standard InChI is InChI=1S/C23H31N3O3/c27-20-11-12-21(28)26(20)19-9-7-18(8-10-19)22(29)24-17-23(13-3-1-4-14-23)25-15-5-2-6-16-25/h7-10H,1-6,11-17H2,(H,24,29). The zero-order valence-corrected chi connectivity index (χ0v) is 17.1. The van der Waals surface area contributed by atoms with Crippen LogP contribution >= 0.6 is 0 Å². The van der Waals surface area contributed by atoms with E-state index >= 15 is 0 Å². The van der Waals surface area contributed by atoms with E-state index in [0.717, 1.165) is 25.9 Å². The summed E-state index contributed by atoms with van der Waals surface area (Å²) < 4.78 is 0. The first kappa shape index (κ1) is 20.1. The van der Waals surface area contributed by atoms with Crippen molar-refractivity contribution in [3.8, 4) is 0 Å². The Morgan fingerprint density at radius 1 is 0.862 bits per heavy atom. The first-order chi connectivity index (χ1) is 14.1. The van der Waals surface area contributed by atoms with E-state index < -0.39 is 0 Å². The number of anilines is 1. The number of nitrogens with one attached hydrogen (secondary N) is 1. The summed E-state index contributed by atoms with van der Waals surface area (Å²) in [6.45, 7) is 2.97. The minimum Gasteiger partial charge on any atom is -0.350 e. The van der Waals surface area contributed by atoms with Gasteiger partial charge >= 0.3 is 0 Å². The Bertz CT molecular complexity index is 746. The van der Waals surface area contributed by atoms with Crippen molar-refractivity contribution >= 4 is 23.4 Å². The van der Waals surface area contributed by atoms with Crippen LogP contribution in [0.25, 0.3) is 0 Å². The highest BCUT2D eigenvalue weighted by Gasteiger charge is 2.38. The Labute approximate surface area is 172 Å². The van der Waals surface area contributed by atoms with Crippen LogP contribution in [0.5, 0.6) is 0 Å². The molecular weight excluding hydrogens is 366 g/mol. The molecule has 2 aliphatic heterocycles. The summed E-state index contributed by atoms with van der Waals surface area (Å²) in [6.07, 6.45) is 10.4. The molecule has 2 saturated heterocycles. The summed E-state index contributed by atoms with van der Waals surface area (Å²) in [5, 5.41) is 3.19. The first-order valence-electron chi connectivity index (χ1n) is 11.1. The highest BCUT2D eigenvalue weighted by atomic mass is 16.2. The van der Waals surface area contributed by atoms with E-state index in [0.29, 0.717) is 17.8 Å². The summed E-state index contributed by atoms with van der Waals surface area (Å²) in [5.41, 5.74) is 1.21. The molecule has 1 saturated carbocycles. The second-order valence-electron chi connectivity index (χ2n) is 8.69. The Morgan fingerprint density at radius 2 is 1.45 bits per heavy atom. The summed E-state index contributed by atoms with van der Waals surface area (Å²) >= 11 is 0. The number of carbonyl (C=O) groups excluding carboxylic acids is 3. The number of hydrogen-bond donors (Lipinski definition) is 1. The van der Waals surface area contributed by atoms with Gasteiger partial charge in [-0.25, -0.2) is 0 Å². The highest BCUT2D eigenvalue weighted by Crippen LogP contribution is 2.35. The second kappa shape index (κ2) is 8.66. The third kappa shape index (κ3) is 4.22. The van der Waals surface area contributed by atoms with E-state index in [1.165, 1.54) is 43.4 Å². The molecule has 1 aliphatic carbocycles. The van der Waals surface area contributed by atoms with Crippen molar-refractivity contribution in [1.82, 2.24) is 10.2 Å². The van der Waals surface area contributed by atoms with Crippen molar-refractivity contribution < 1.29 is 14.4 Å². The van der Waals surface area contributed by atoms with Crippen molar-refractivity contribution in [1.29, 1.82) is 0 Å². The van der Waals surface area contributed by atoms with E-state index in [4.69, 9.17) is 0 Å². The number of imide groups is 1. The molecule has 6 nitrogen and oxygen atoms in total. The highest BCUT2D eigenvalue weighted by molar-refractivity contribution is 6.19. The van der Waals surface area contributed by atoms with Crippen LogP contribution in [-0.2, 0) is 9.59 Å². The van der Waals surface area contributed by atoms with Crippen molar-refractivity contribution in [3.63, 3.8) is 0 Å². The van der Waals surface area contributed by atoms with Crippen LogP contribution in [0.2, 0.25) is 0 Å². The topological polar surface area (TPSA) is 69.7 Å². The average molecular weight is 398 g/mol. The van der Waals surface area contributed by atoms with Crippen LogP contribution < -0.4 is 10.2 Å². The Morgan fingerprint density at radius 3 is 2.07 bits per heavy atom. The van der Waals surface area contributed by atoms with Crippen LogP contribution in [0.1, 0.15) is 74.6 Å². The summed E-state index contributed by atoms with van der Waals surface area (Å²) in [6, 6.07) is 6.80. The van der Waals surface area contributed by atoms with Gasteiger partial charge in [0, 0.05) is 30.5 Å². The molecule has 0 spiro atoms. The number of benzene rings is 1. The van der Waals surface area contributed by atoms with E-state index in [-0.39, 0.29) is 36.1 Å². The van der Waals surface area contributed by atoms with Gasteiger partial charge in [-0.2, -0.15) is 0 Å². The van der Waals surface area contributed by atoms with Crippen molar-refractivity contribution in [2.45, 2.75) is 69.7 Å². The van der Waals surface area contributed by atoms with Crippen molar-refractivity contribution in [2.75, 3.05) is 24.5 Å². The lowest BCUT2D eigenvalue weighted by Gasteiger charge is -2.48. The summed E-state index contributed by atoms with van der Waals surface area (Å²) in [5.74, 6) is -0.432. The van der Waals surface area contributed by atoms with Crippen LogP contribution in [-0.4, -0.2) is 47.8 Å². The zero-order valence-electron chi connectivity index (χ0n) is 17.1. The van der Waals surface area contributed by atoms with E-state index in [2.05, 4.69) is 10.2 Å². The third-order valence-corrected chi connectivity index (χ3v) is 6.83. The number of nitrogens with zero attached hydrogens (tertiary/aromatic N) is 2. The minimum atomic E-state index is -0.173. The molecule has 0 unspecified atom stereocenters. The fourth-order valence-corrected chi connectivity index (χ4v) is 5.16. The molecule has 1 aromatic rings. The second-order valence-corrected chi connectivity index (χ2v) is 8.69. The molecule has 6 heteroatoms. The molecule has 3 aliphatic rings. The van der Waals surface area contributed by atoms with Gasteiger partial charge in [-0.15, -0.1) is 0 Å². The molecule has 0 aromatic heterocycles. The number of hydrogen-bond acceptors (Lipinski definition) is 4. The summed E-state index contributed by atoms with van der Waals surface area (Å²) in [4.78, 5) is 40.4. The van der Waals surface area contributed by atoms with Crippen LogP contribution in [0.4, 0.5) is 5.69 Å². The van der Waals surface area contributed by atoms with Gasteiger partial charge in [0.15, 0.2) is 0 Å². The number of rotatable bonds is 5. The molecule has 156 valence electrons. The lowest BCUT2D eigenvalue weighted by Crippen LogP contribution is -2.58. The molecule has 29 heavy (non-hydrogen) atoms. The largest absolute Gasteiger partial charge is 0.350 e. The molecule has 1 aromatic carbocycles. The monoisotopic (exact) mass is 397 g/mol. The van der Waals surface area contributed by atoms with Gasteiger partial charge in [0.25, 0.3) is 5.91 Å². The molecule has 0 bridgehead atoms. The maximum atomic E-state index is 12.8. The van der Waals surface area contributed by atoms with E-state index in [9.17, 15) is 14.4 Å². The number of carbonyl (C=O) groups is 3. The minimum absolute atomic E-state index is 0.0856. The third-order valence-electron chi connectivity index (χ3n) is 6.83. The normalized spacial score (nSPS) is 22.7. The van der Waals surface area contributed by atoms with Crippen molar-refractivity contribution in [2.24, 2.45) is 0 Å². The molecule has 3 amide bonds. The molecule has 4 rings (SSSR count). The predicted molar refractivity (Wildman–Crippen MR) is 112 cm³/mol. The van der Waals surface area contributed by atoms with Gasteiger partial charge in [0.1, 0.15) is 0 Å². The number of likely N-dealkylation sites (tertiary alicyclic amines) is 1. The van der Waals surface area contributed by atoms with Gasteiger partial charge in [-0.05, 0) is 63.0 Å². The molecule has 0 atom stereocenters. The van der Waals surface area contributed by atoms with E-state index in [1.54, 1.807) is 24.3 Å². The number of piperidine rings is 1. The Balaban J connectivity index is 1.41. The van der Waals surface area contributed by atoms with E-state index in [1.807, 2.05) is 0 Å². The fraction of sp³-hybridized carbons (Fsp3) is 0.609. The fourth-order valence-electron chi connectivity index (χ4n) is 5.16.